The number of hydrogen-bond donors (Lipinski definition) is 2. The number of nitrogens with one attached hydrogen (secondary N) is 2. The van der Waals surface area contributed by atoms with Gasteiger partial charge in [0, 0.05) is 24.4 Å². The van der Waals surface area contributed by atoms with Gasteiger partial charge in [0.1, 0.15) is 5.75 Å². The summed E-state index contributed by atoms with van der Waals surface area (Å²) in [5, 5.41) is 3.28. The molecule has 2 saturated heterocycles. The number of hydrogen-bond acceptors (Lipinski definition) is 2. The van der Waals surface area contributed by atoms with E-state index in [1.807, 2.05) is 29.2 Å². The summed E-state index contributed by atoms with van der Waals surface area (Å²) in [7, 11) is 1.63. The molecular weight excluding hydrogens is 300 g/mol. The van der Waals surface area contributed by atoms with Crippen molar-refractivity contribution in [2.45, 2.75) is 70.0 Å². The Morgan fingerprint density at radius 2 is 2.04 bits per heavy atom. The molecule has 1 aromatic carbocycles. The van der Waals surface area contributed by atoms with Crippen molar-refractivity contribution in [3.8, 4) is 5.75 Å². The number of fused-ring (bicyclic) bond motifs is 2. The molecule has 4 heteroatoms. The second-order valence-corrected chi connectivity index (χ2v) is 7.38. The van der Waals surface area contributed by atoms with E-state index in [-0.39, 0.29) is 5.91 Å². The Morgan fingerprint density at radius 1 is 1.29 bits per heavy atom. The topological polar surface area (TPSA) is 42.8 Å². The third-order valence-corrected chi connectivity index (χ3v) is 5.78. The van der Waals surface area contributed by atoms with Gasteiger partial charge in [-0.25, -0.2) is 0 Å². The van der Waals surface area contributed by atoms with Crippen LogP contribution in [0, 0.1) is 0 Å². The van der Waals surface area contributed by atoms with Gasteiger partial charge in [-0.2, -0.15) is 0 Å². The van der Waals surface area contributed by atoms with Gasteiger partial charge in [0.2, 0.25) is 0 Å². The van der Waals surface area contributed by atoms with E-state index in [4.69, 9.17) is 4.74 Å². The second kappa shape index (κ2) is 8.02. The van der Waals surface area contributed by atoms with Crippen LogP contribution in [0.2, 0.25) is 0 Å². The van der Waals surface area contributed by atoms with Gasteiger partial charge < -0.3 is 15.0 Å². The van der Waals surface area contributed by atoms with Crippen LogP contribution >= 0.6 is 0 Å². The average Bonchev–Trinajstić information content (AvgIpc) is 2.59. The van der Waals surface area contributed by atoms with Crippen LogP contribution in [0.4, 0.5) is 0 Å². The summed E-state index contributed by atoms with van der Waals surface area (Å²) in [6.07, 6.45) is 8.86. The van der Waals surface area contributed by atoms with Crippen molar-refractivity contribution in [2.75, 3.05) is 13.7 Å². The van der Waals surface area contributed by atoms with Gasteiger partial charge in [-0.15, -0.1) is 0 Å². The molecule has 1 amide bonds. The monoisotopic (exact) mass is 331 g/mol. The zero-order valence-corrected chi connectivity index (χ0v) is 15.0. The van der Waals surface area contributed by atoms with Crippen LogP contribution < -0.4 is 15.0 Å². The molecule has 0 aliphatic carbocycles. The quantitative estimate of drug-likeness (QED) is 0.839. The van der Waals surface area contributed by atoms with Crippen LogP contribution in [0.25, 0.3) is 0 Å². The number of ether oxygens (including phenoxy) is 1. The lowest BCUT2D eigenvalue weighted by molar-refractivity contribution is -0.961. The first-order valence-electron chi connectivity index (χ1n) is 9.51. The zero-order chi connectivity index (χ0) is 16.9. The molecule has 132 valence electrons. The van der Waals surface area contributed by atoms with Gasteiger partial charge in [-0.3, -0.25) is 4.79 Å². The van der Waals surface area contributed by atoms with Crippen molar-refractivity contribution in [3.05, 3.63) is 29.8 Å². The Hall–Kier alpha value is -1.55. The lowest BCUT2D eigenvalue weighted by Crippen LogP contribution is -3.21. The summed E-state index contributed by atoms with van der Waals surface area (Å²) in [5.41, 5.74) is 0.695. The maximum atomic E-state index is 12.6. The van der Waals surface area contributed by atoms with Crippen molar-refractivity contribution >= 4 is 5.91 Å². The standard InChI is InChI=1S/C20H30N2O2/c1-3-4-11-22-17-8-6-9-18(22)14-16(13-17)21-20(23)15-7-5-10-19(12-15)24-2/h5,7,10,12,16-18H,3-4,6,8-9,11,13-14H2,1-2H3,(H,21,23)/p+1/t16?,17-,18+. The highest BCUT2D eigenvalue weighted by Gasteiger charge is 2.41. The molecule has 2 fully saturated rings. The van der Waals surface area contributed by atoms with Crippen molar-refractivity contribution < 1.29 is 14.4 Å². The fourth-order valence-electron chi connectivity index (χ4n) is 4.58. The number of carbonyl (C=O) groups is 1. The van der Waals surface area contributed by atoms with E-state index in [2.05, 4.69) is 12.2 Å². The molecule has 2 N–H and O–H groups in total. The molecule has 4 atom stereocenters. The normalized spacial score (nSPS) is 29.1. The lowest BCUT2D eigenvalue weighted by Gasteiger charge is -2.46. The zero-order valence-electron chi connectivity index (χ0n) is 15.0. The molecule has 4 nitrogen and oxygen atoms in total. The van der Waals surface area contributed by atoms with Crippen LogP contribution in [-0.4, -0.2) is 37.7 Å². The van der Waals surface area contributed by atoms with Crippen molar-refractivity contribution in [3.63, 3.8) is 0 Å². The lowest BCUT2D eigenvalue weighted by atomic mass is 9.81. The Bertz CT molecular complexity index is 546. The maximum absolute atomic E-state index is 12.6. The first-order chi connectivity index (χ1) is 11.7. The van der Waals surface area contributed by atoms with Crippen molar-refractivity contribution in [2.24, 2.45) is 0 Å². The minimum absolute atomic E-state index is 0.0361. The molecule has 2 heterocycles. The minimum atomic E-state index is 0.0361. The minimum Gasteiger partial charge on any atom is -0.497 e. The van der Waals surface area contributed by atoms with Gasteiger partial charge >= 0.3 is 0 Å². The molecule has 0 radical (unpaired) electrons. The largest absolute Gasteiger partial charge is 0.497 e. The fourth-order valence-corrected chi connectivity index (χ4v) is 4.58. The van der Waals surface area contributed by atoms with Crippen molar-refractivity contribution in [1.82, 2.24) is 5.32 Å². The number of unbranched alkanes of at least 4 members (excludes halogenated alkanes) is 1. The highest BCUT2D eigenvalue weighted by Crippen LogP contribution is 2.23. The average molecular weight is 331 g/mol. The SMILES string of the molecule is CCCC[NH+]1[C@@H]2CCC[C@H]1CC(NC(=O)c1cccc(OC)c1)C2. The summed E-state index contributed by atoms with van der Waals surface area (Å²) in [6, 6.07) is 9.22. The van der Waals surface area contributed by atoms with E-state index in [1.54, 1.807) is 7.11 Å². The van der Waals surface area contributed by atoms with E-state index in [0.717, 1.165) is 30.7 Å². The molecule has 0 aromatic heterocycles. The second-order valence-electron chi connectivity index (χ2n) is 7.38. The third kappa shape index (κ3) is 3.92. The first-order valence-corrected chi connectivity index (χ1v) is 9.51. The number of quaternary nitrogens is 1. The van der Waals surface area contributed by atoms with E-state index in [9.17, 15) is 4.79 Å². The predicted octanol–water partition coefficient (Wildman–Crippen LogP) is 2.19. The van der Waals surface area contributed by atoms with Gasteiger partial charge in [-0.1, -0.05) is 19.4 Å². The number of rotatable bonds is 6. The summed E-state index contributed by atoms with van der Waals surface area (Å²) in [5.74, 6) is 0.771. The van der Waals surface area contributed by atoms with Crippen LogP contribution in [0.5, 0.6) is 5.75 Å². The highest BCUT2D eigenvalue weighted by molar-refractivity contribution is 5.94. The Morgan fingerprint density at radius 3 is 2.71 bits per heavy atom. The van der Waals surface area contributed by atoms with Crippen LogP contribution in [0.1, 0.15) is 62.2 Å². The molecule has 2 aliphatic rings. The maximum Gasteiger partial charge on any atom is 0.251 e. The van der Waals surface area contributed by atoms with E-state index < -0.39 is 0 Å². The van der Waals surface area contributed by atoms with Gasteiger partial charge in [0.05, 0.1) is 25.7 Å². The van der Waals surface area contributed by atoms with Gasteiger partial charge in [0.25, 0.3) is 5.91 Å². The number of piperidine rings is 2. The molecule has 3 rings (SSSR count). The van der Waals surface area contributed by atoms with E-state index in [0.29, 0.717) is 11.6 Å². The van der Waals surface area contributed by atoms with Crippen molar-refractivity contribution in [1.29, 1.82) is 0 Å². The molecule has 0 saturated carbocycles. The summed E-state index contributed by atoms with van der Waals surface area (Å²) in [6.45, 7) is 3.58. The molecule has 1 aromatic rings. The van der Waals surface area contributed by atoms with Gasteiger partial charge in [0.15, 0.2) is 0 Å². The summed E-state index contributed by atoms with van der Waals surface area (Å²) in [4.78, 5) is 14.4. The van der Waals surface area contributed by atoms with Crippen LogP contribution in [-0.2, 0) is 0 Å². The fraction of sp³-hybridized carbons (Fsp3) is 0.650. The first kappa shape index (κ1) is 17.3. The van der Waals surface area contributed by atoms with Crippen LogP contribution in [0.15, 0.2) is 24.3 Å². The molecule has 24 heavy (non-hydrogen) atoms. The third-order valence-electron chi connectivity index (χ3n) is 5.78. The van der Waals surface area contributed by atoms with Crippen LogP contribution in [0.3, 0.4) is 0 Å². The summed E-state index contributed by atoms with van der Waals surface area (Å²) >= 11 is 0. The summed E-state index contributed by atoms with van der Waals surface area (Å²) < 4.78 is 5.22. The highest BCUT2D eigenvalue weighted by atomic mass is 16.5. The number of amides is 1. The van der Waals surface area contributed by atoms with E-state index in [1.165, 1.54) is 38.6 Å². The molecule has 0 spiro atoms. The number of methoxy groups -OCH3 is 1. The molecule has 2 unspecified atom stereocenters. The Balaban J connectivity index is 1.61. The number of benzene rings is 1. The molecule has 2 aliphatic heterocycles. The molecular formula is C20H31N2O2+. The predicted molar refractivity (Wildman–Crippen MR) is 95.6 cm³/mol. The van der Waals surface area contributed by atoms with E-state index >= 15 is 0 Å². The smallest absolute Gasteiger partial charge is 0.251 e. The Labute approximate surface area is 145 Å². The van der Waals surface area contributed by atoms with Gasteiger partial charge in [-0.05, 0) is 43.9 Å². The molecule has 2 bridgehead atoms. The Kier molecular flexibility index (Phi) is 5.77. The number of carbonyl (C=O) groups excluding carboxylic acids is 1.